The Hall–Kier alpha value is -1.76. The quantitative estimate of drug-likeness (QED) is 0.753. The standard InChI is InChI=1S/C16H21BrN2O4/c1-16(2,3)23-15(21)19-9-10-7-11(17)5-6-12(10)18-8-13(19)14(20)22-4/h5-7,13,18H,8-9H2,1-4H3. The van der Waals surface area contributed by atoms with E-state index in [2.05, 4.69) is 21.2 Å². The van der Waals surface area contributed by atoms with Gasteiger partial charge in [0.1, 0.15) is 5.60 Å². The molecule has 2 rings (SSSR count). The van der Waals surface area contributed by atoms with Crippen LogP contribution in [0, 0.1) is 0 Å². The maximum Gasteiger partial charge on any atom is 0.411 e. The van der Waals surface area contributed by atoms with Crippen LogP contribution >= 0.6 is 15.9 Å². The molecule has 23 heavy (non-hydrogen) atoms. The Morgan fingerprint density at radius 2 is 2.04 bits per heavy atom. The molecule has 0 bridgehead atoms. The minimum absolute atomic E-state index is 0.260. The third-order valence-corrected chi connectivity index (χ3v) is 3.86. The Morgan fingerprint density at radius 3 is 2.65 bits per heavy atom. The summed E-state index contributed by atoms with van der Waals surface area (Å²) in [6.07, 6.45) is -0.539. The molecule has 1 heterocycles. The highest BCUT2D eigenvalue weighted by Crippen LogP contribution is 2.27. The van der Waals surface area contributed by atoms with E-state index in [4.69, 9.17) is 9.47 Å². The van der Waals surface area contributed by atoms with Gasteiger partial charge in [-0.2, -0.15) is 0 Å². The van der Waals surface area contributed by atoms with Gasteiger partial charge in [0.15, 0.2) is 6.04 Å². The molecule has 1 aromatic rings. The summed E-state index contributed by atoms with van der Waals surface area (Å²) in [6.45, 7) is 5.90. The van der Waals surface area contributed by atoms with Gasteiger partial charge >= 0.3 is 12.1 Å². The molecule has 1 aromatic carbocycles. The summed E-state index contributed by atoms with van der Waals surface area (Å²) in [5.74, 6) is -0.477. The Balaban J connectivity index is 2.35. The molecule has 1 amide bonds. The summed E-state index contributed by atoms with van der Waals surface area (Å²) in [4.78, 5) is 26.1. The van der Waals surface area contributed by atoms with E-state index in [-0.39, 0.29) is 13.1 Å². The van der Waals surface area contributed by atoms with Gasteiger partial charge in [0.25, 0.3) is 0 Å². The summed E-state index contributed by atoms with van der Waals surface area (Å²) in [5, 5.41) is 3.19. The molecule has 0 aliphatic carbocycles. The van der Waals surface area contributed by atoms with Gasteiger partial charge in [-0.25, -0.2) is 9.59 Å². The molecule has 0 aromatic heterocycles. The molecule has 0 radical (unpaired) electrons. The lowest BCUT2D eigenvalue weighted by Gasteiger charge is -2.30. The third kappa shape index (κ3) is 4.37. The van der Waals surface area contributed by atoms with Crippen LogP contribution in [0.25, 0.3) is 0 Å². The summed E-state index contributed by atoms with van der Waals surface area (Å²) >= 11 is 3.43. The summed E-state index contributed by atoms with van der Waals surface area (Å²) < 4.78 is 11.2. The molecule has 0 saturated heterocycles. The van der Waals surface area contributed by atoms with E-state index in [1.165, 1.54) is 12.0 Å². The number of methoxy groups -OCH3 is 1. The van der Waals surface area contributed by atoms with E-state index in [1.54, 1.807) is 20.8 Å². The first-order valence-electron chi connectivity index (χ1n) is 7.31. The third-order valence-electron chi connectivity index (χ3n) is 3.37. The number of halogens is 1. The fourth-order valence-corrected chi connectivity index (χ4v) is 2.74. The van der Waals surface area contributed by atoms with E-state index in [0.29, 0.717) is 0 Å². The smallest absolute Gasteiger partial charge is 0.411 e. The zero-order chi connectivity index (χ0) is 17.2. The van der Waals surface area contributed by atoms with Gasteiger partial charge in [0.05, 0.1) is 13.7 Å². The van der Waals surface area contributed by atoms with Crippen molar-refractivity contribution < 1.29 is 19.1 Å². The highest BCUT2D eigenvalue weighted by atomic mass is 79.9. The number of hydrogen-bond donors (Lipinski definition) is 1. The highest BCUT2D eigenvalue weighted by molar-refractivity contribution is 9.10. The van der Waals surface area contributed by atoms with Crippen LogP contribution < -0.4 is 5.32 Å². The fraction of sp³-hybridized carbons (Fsp3) is 0.500. The summed E-state index contributed by atoms with van der Waals surface area (Å²) in [7, 11) is 1.31. The van der Waals surface area contributed by atoms with Crippen molar-refractivity contribution in [3.05, 3.63) is 28.2 Å². The van der Waals surface area contributed by atoms with Gasteiger partial charge in [-0.1, -0.05) is 15.9 Å². The normalized spacial score (nSPS) is 17.6. The van der Waals surface area contributed by atoms with Crippen LogP contribution in [0.15, 0.2) is 22.7 Å². The van der Waals surface area contributed by atoms with E-state index in [0.717, 1.165) is 15.7 Å². The molecule has 1 aliphatic heterocycles. The average Bonchev–Trinajstić information content (AvgIpc) is 2.63. The van der Waals surface area contributed by atoms with E-state index in [9.17, 15) is 9.59 Å². The largest absolute Gasteiger partial charge is 0.467 e. The maximum atomic E-state index is 12.5. The second kappa shape index (κ2) is 6.78. The van der Waals surface area contributed by atoms with Crippen molar-refractivity contribution in [1.82, 2.24) is 4.90 Å². The van der Waals surface area contributed by atoms with Gasteiger partial charge in [-0.15, -0.1) is 0 Å². The van der Waals surface area contributed by atoms with E-state index in [1.807, 2.05) is 18.2 Å². The van der Waals surface area contributed by atoms with Gasteiger partial charge < -0.3 is 14.8 Å². The first-order chi connectivity index (χ1) is 10.7. The SMILES string of the molecule is COC(=O)C1CNc2ccc(Br)cc2CN1C(=O)OC(C)(C)C. The molecule has 1 atom stereocenters. The zero-order valence-corrected chi connectivity index (χ0v) is 15.3. The Morgan fingerprint density at radius 1 is 1.35 bits per heavy atom. The Labute approximate surface area is 144 Å². The number of esters is 1. The molecule has 1 aliphatic rings. The lowest BCUT2D eigenvalue weighted by molar-refractivity contribution is -0.146. The maximum absolute atomic E-state index is 12.5. The number of carbonyl (C=O) groups excluding carboxylic acids is 2. The lowest BCUT2D eigenvalue weighted by atomic mass is 10.1. The number of carbonyl (C=O) groups is 2. The molecule has 126 valence electrons. The van der Waals surface area contributed by atoms with E-state index < -0.39 is 23.7 Å². The van der Waals surface area contributed by atoms with Crippen molar-refractivity contribution >= 4 is 33.7 Å². The molecular weight excluding hydrogens is 364 g/mol. The fourth-order valence-electron chi connectivity index (χ4n) is 2.34. The monoisotopic (exact) mass is 384 g/mol. The van der Waals surface area contributed by atoms with Crippen molar-refractivity contribution in [1.29, 1.82) is 0 Å². The van der Waals surface area contributed by atoms with E-state index >= 15 is 0 Å². The van der Waals surface area contributed by atoms with Gasteiger partial charge in [-0.3, -0.25) is 4.90 Å². The highest BCUT2D eigenvalue weighted by Gasteiger charge is 2.36. The number of amides is 1. The lowest BCUT2D eigenvalue weighted by Crippen LogP contribution is -2.49. The average molecular weight is 385 g/mol. The van der Waals surface area contributed by atoms with Crippen LogP contribution in [-0.4, -0.2) is 42.3 Å². The van der Waals surface area contributed by atoms with Crippen LogP contribution in [0.5, 0.6) is 0 Å². The van der Waals surface area contributed by atoms with Gasteiger partial charge in [0.2, 0.25) is 0 Å². The second-order valence-electron chi connectivity index (χ2n) is 6.33. The molecule has 0 fully saturated rings. The van der Waals surface area contributed by atoms with Crippen LogP contribution in [0.3, 0.4) is 0 Å². The number of hydrogen-bond acceptors (Lipinski definition) is 5. The number of fused-ring (bicyclic) bond motifs is 1. The molecule has 1 N–H and O–H groups in total. The van der Waals surface area contributed by atoms with Crippen molar-refractivity contribution in [2.45, 2.75) is 39.0 Å². The topological polar surface area (TPSA) is 67.9 Å². The minimum Gasteiger partial charge on any atom is -0.467 e. The van der Waals surface area contributed by atoms with Crippen molar-refractivity contribution in [3.63, 3.8) is 0 Å². The molecule has 7 heteroatoms. The molecule has 0 spiro atoms. The Kier molecular flexibility index (Phi) is 5.19. The first-order valence-corrected chi connectivity index (χ1v) is 8.10. The number of nitrogens with one attached hydrogen (secondary N) is 1. The number of nitrogens with zero attached hydrogens (tertiary/aromatic N) is 1. The predicted octanol–water partition coefficient (Wildman–Crippen LogP) is 3.15. The predicted molar refractivity (Wildman–Crippen MR) is 90.2 cm³/mol. The molecule has 0 saturated carbocycles. The second-order valence-corrected chi connectivity index (χ2v) is 7.25. The minimum atomic E-state index is -0.749. The van der Waals surface area contributed by atoms with Crippen LogP contribution in [0.2, 0.25) is 0 Å². The summed E-state index contributed by atoms with van der Waals surface area (Å²) in [6, 6.07) is 4.98. The van der Waals surface area contributed by atoms with Crippen LogP contribution in [0.4, 0.5) is 10.5 Å². The number of rotatable bonds is 1. The number of benzene rings is 1. The van der Waals surface area contributed by atoms with Crippen molar-refractivity contribution in [2.75, 3.05) is 19.0 Å². The summed E-state index contributed by atoms with van der Waals surface area (Å²) in [5.41, 5.74) is 1.14. The van der Waals surface area contributed by atoms with Crippen LogP contribution in [0.1, 0.15) is 26.3 Å². The van der Waals surface area contributed by atoms with Gasteiger partial charge in [0, 0.05) is 16.7 Å². The Bertz CT molecular complexity index is 613. The molecule has 6 nitrogen and oxygen atoms in total. The number of ether oxygens (including phenoxy) is 2. The molecule has 1 unspecified atom stereocenters. The first kappa shape index (κ1) is 17.6. The van der Waals surface area contributed by atoms with Crippen molar-refractivity contribution in [3.8, 4) is 0 Å². The molecular formula is C16H21BrN2O4. The number of anilines is 1. The van der Waals surface area contributed by atoms with Crippen LogP contribution in [-0.2, 0) is 20.8 Å². The van der Waals surface area contributed by atoms with Gasteiger partial charge in [-0.05, 0) is 44.5 Å². The zero-order valence-electron chi connectivity index (χ0n) is 13.7. The van der Waals surface area contributed by atoms with Crippen molar-refractivity contribution in [2.24, 2.45) is 0 Å².